The van der Waals surface area contributed by atoms with Gasteiger partial charge in [-0.3, -0.25) is 10.00 Å². The SMILES string of the molecule is CCNC(=O)Oc1ccc(-c2[nH]ncc2CN2CCN(c3ccc(C(F)(F)F)cn3)C(C)C2)cc1. The zero-order valence-electron chi connectivity index (χ0n) is 19.5. The fraction of sp³-hybridized carbons (Fsp3) is 0.375. The Hall–Kier alpha value is -3.60. The number of hydrogen-bond donors (Lipinski definition) is 2. The van der Waals surface area contributed by atoms with Crippen LogP contribution in [0.1, 0.15) is 25.0 Å². The minimum Gasteiger partial charge on any atom is -0.410 e. The summed E-state index contributed by atoms with van der Waals surface area (Å²) >= 11 is 0. The third-order valence-corrected chi connectivity index (χ3v) is 5.87. The molecule has 2 aromatic heterocycles. The highest BCUT2D eigenvalue weighted by molar-refractivity contribution is 5.71. The van der Waals surface area contributed by atoms with Crippen LogP contribution in [0.15, 0.2) is 48.8 Å². The van der Waals surface area contributed by atoms with Crippen molar-refractivity contribution in [3.63, 3.8) is 0 Å². The number of anilines is 1. The molecule has 1 atom stereocenters. The number of alkyl halides is 3. The Labute approximate surface area is 201 Å². The van der Waals surface area contributed by atoms with E-state index >= 15 is 0 Å². The predicted octanol–water partition coefficient (Wildman–Crippen LogP) is 4.31. The number of H-pyrrole nitrogens is 1. The van der Waals surface area contributed by atoms with E-state index in [0.29, 0.717) is 31.2 Å². The van der Waals surface area contributed by atoms with Crippen LogP contribution in [0.3, 0.4) is 0 Å². The van der Waals surface area contributed by atoms with E-state index in [1.54, 1.807) is 18.3 Å². The summed E-state index contributed by atoms with van der Waals surface area (Å²) in [7, 11) is 0. The fourth-order valence-corrected chi connectivity index (χ4v) is 4.14. The summed E-state index contributed by atoms with van der Waals surface area (Å²) in [5.74, 6) is 0.992. The molecule has 1 aliphatic rings. The van der Waals surface area contributed by atoms with E-state index in [1.165, 1.54) is 6.07 Å². The van der Waals surface area contributed by atoms with Crippen molar-refractivity contribution < 1.29 is 22.7 Å². The monoisotopic (exact) mass is 488 g/mol. The van der Waals surface area contributed by atoms with Gasteiger partial charge in [-0.15, -0.1) is 0 Å². The molecule has 3 aromatic rings. The first-order valence-electron chi connectivity index (χ1n) is 11.3. The van der Waals surface area contributed by atoms with E-state index in [9.17, 15) is 18.0 Å². The Morgan fingerprint density at radius 2 is 1.94 bits per heavy atom. The number of carbonyl (C=O) groups excluding carboxylic acids is 1. The number of amides is 1. The molecule has 3 heterocycles. The molecule has 0 saturated carbocycles. The Morgan fingerprint density at radius 3 is 2.57 bits per heavy atom. The van der Waals surface area contributed by atoms with Gasteiger partial charge in [0.05, 0.1) is 17.5 Å². The van der Waals surface area contributed by atoms with Crippen LogP contribution in [0.4, 0.5) is 23.8 Å². The quantitative estimate of drug-likeness (QED) is 0.538. The molecule has 4 rings (SSSR count). The van der Waals surface area contributed by atoms with Gasteiger partial charge in [0.15, 0.2) is 0 Å². The second kappa shape index (κ2) is 10.3. The van der Waals surface area contributed by atoms with Gasteiger partial charge in [0.25, 0.3) is 0 Å². The number of aromatic nitrogens is 3. The first-order valence-corrected chi connectivity index (χ1v) is 11.3. The number of nitrogens with one attached hydrogen (secondary N) is 2. The average Bonchev–Trinajstić information content (AvgIpc) is 3.27. The summed E-state index contributed by atoms with van der Waals surface area (Å²) in [6.07, 6.45) is -2.21. The van der Waals surface area contributed by atoms with Gasteiger partial charge < -0.3 is 15.0 Å². The zero-order valence-corrected chi connectivity index (χ0v) is 19.5. The molecule has 2 N–H and O–H groups in total. The van der Waals surface area contributed by atoms with E-state index in [4.69, 9.17) is 4.74 Å². The first kappa shape index (κ1) is 24.5. The molecule has 0 aliphatic carbocycles. The summed E-state index contributed by atoms with van der Waals surface area (Å²) in [5, 5.41) is 9.84. The summed E-state index contributed by atoms with van der Waals surface area (Å²) in [6, 6.07) is 9.77. The van der Waals surface area contributed by atoms with E-state index in [0.717, 1.165) is 42.2 Å². The number of halogens is 3. The van der Waals surface area contributed by atoms with E-state index in [1.807, 2.05) is 30.9 Å². The summed E-state index contributed by atoms with van der Waals surface area (Å²) in [4.78, 5) is 19.9. The summed E-state index contributed by atoms with van der Waals surface area (Å²) in [5.41, 5.74) is 2.08. The average molecular weight is 489 g/mol. The van der Waals surface area contributed by atoms with Gasteiger partial charge in [-0.25, -0.2) is 9.78 Å². The lowest BCUT2D eigenvalue weighted by Gasteiger charge is -2.40. The lowest BCUT2D eigenvalue weighted by molar-refractivity contribution is -0.137. The Kier molecular flexibility index (Phi) is 7.25. The molecule has 8 nitrogen and oxygen atoms in total. The highest BCUT2D eigenvalue weighted by Crippen LogP contribution is 2.30. The molecule has 1 amide bonds. The summed E-state index contributed by atoms with van der Waals surface area (Å²) in [6.45, 7) is 7.12. The molecule has 11 heteroatoms. The van der Waals surface area contributed by atoms with Crippen molar-refractivity contribution in [1.29, 1.82) is 0 Å². The Balaban J connectivity index is 1.38. The van der Waals surface area contributed by atoms with E-state index in [2.05, 4.69) is 25.4 Å². The van der Waals surface area contributed by atoms with Crippen molar-refractivity contribution in [2.45, 2.75) is 32.6 Å². The van der Waals surface area contributed by atoms with Crippen LogP contribution in [0.2, 0.25) is 0 Å². The molecule has 1 aromatic carbocycles. The van der Waals surface area contributed by atoms with Crippen molar-refractivity contribution in [2.75, 3.05) is 31.1 Å². The maximum Gasteiger partial charge on any atom is 0.417 e. The number of pyridine rings is 1. The molecule has 0 bridgehead atoms. The molecule has 1 aliphatic heterocycles. The van der Waals surface area contributed by atoms with Gasteiger partial charge in [-0.2, -0.15) is 18.3 Å². The van der Waals surface area contributed by atoms with Crippen LogP contribution in [-0.4, -0.2) is 58.4 Å². The third-order valence-electron chi connectivity index (χ3n) is 5.87. The topological polar surface area (TPSA) is 86.4 Å². The molecular formula is C24H27F3N6O2. The zero-order chi connectivity index (χ0) is 25.0. The first-order chi connectivity index (χ1) is 16.7. The van der Waals surface area contributed by atoms with Crippen LogP contribution in [0, 0.1) is 0 Å². The van der Waals surface area contributed by atoms with Crippen molar-refractivity contribution in [3.05, 3.63) is 59.9 Å². The van der Waals surface area contributed by atoms with Crippen LogP contribution >= 0.6 is 0 Å². The highest BCUT2D eigenvalue weighted by atomic mass is 19.4. The number of carbonyl (C=O) groups is 1. The second-order valence-electron chi connectivity index (χ2n) is 8.39. The molecule has 35 heavy (non-hydrogen) atoms. The van der Waals surface area contributed by atoms with Gasteiger partial charge >= 0.3 is 12.3 Å². The van der Waals surface area contributed by atoms with Gasteiger partial charge in [0.2, 0.25) is 0 Å². The van der Waals surface area contributed by atoms with Gasteiger partial charge in [0, 0.05) is 56.1 Å². The highest BCUT2D eigenvalue weighted by Gasteiger charge is 2.32. The Bertz CT molecular complexity index is 1130. The molecule has 0 radical (unpaired) electrons. The second-order valence-corrected chi connectivity index (χ2v) is 8.39. The number of rotatable bonds is 6. The van der Waals surface area contributed by atoms with Crippen molar-refractivity contribution in [2.24, 2.45) is 0 Å². The summed E-state index contributed by atoms with van der Waals surface area (Å²) < 4.78 is 43.7. The molecule has 1 fully saturated rings. The van der Waals surface area contributed by atoms with E-state index < -0.39 is 17.8 Å². The van der Waals surface area contributed by atoms with Crippen molar-refractivity contribution in [1.82, 2.24) is 25.4 Å². The molecular weight excluding hydrogens is 461 g/mol. The van der Waals surface area contributed by atoms with Gasteiger partial charge in [-0.05, 0) is 50.2 Å². The minimum atomic E-state index is -4.39. The Morgan fingerprint density at radius 1 is 1.17 bits per heavy atom. The largest absolute Gasteiger partial charge is 0.417 e. The van der Waals surface area contributed by atoms with Crippen molar-refractivity contribution in [3.8, 4) is 17.0 Å². The smallest absolute Gasteiger partial charge is 0.410 e. The van der Waals surface area contributed by atoms with Crippen molar-refractivity contribution >= 4 is 11.9 Å². The van der Waals surface area contributed by atoms with Crippen LogP contribution < -0.4 is 15.0 Å². The van der Waals surface area contributed by atoms with E-state index in [-0.39, 0.29) is 6.04 Å². The normalized spacial score (nSPS) is 16.8. The lowest BCUT2D eigenvalue weighted by Crippen LogP contribution is -2.51. The van der Waals surface area contributed by atoms with Crippen LogP contribution in [0.5, 0.6) is 5.75 Å². The predicted molar refractivity (Wildman–Crippen MR) is 125 cm³/mol. The molecule has 1 unspecified atom stereocenters. The maximum absolute atomic E-state index is 12.8. The number of nitrogens with zero attached hydrogens (tertiary/aromatic N) is 4. The molecule has 186 valence electrons. The number of hydrogen-bond acceptors (Lipinski definition) is 6. The van der Waals surface area contributed by atoms with Crippen LogP contribution in [0.25, 0.3) is 11.3 Å². The van der Waals surface area contributed by atoms with Gasteiger partial charge in [-0.1, -0.05) is 0 Å². The van der Waals surface area contributed by atoms with Crippen LogP contribution in [-0.2, 0) is 12.7 Å². The lowest BCUT2D eigenvalue weighted by atomic mass is 10.1. The standard InChI is InChI=1S/C24H27F3N6O2/c1-3-28-23(34)35-20-7-4-17(5-8-20)22-18(12-30-31-22)15-32-10-11-33(16(2)14-32)21-9-6-19(13-29-21)24(25,26)27/h4-9,12-13,16H,3,10-11,14-15H2,1-2H3,(H,28,34)(H,30,31). The molecule has 0 spiro atoms. The number of ether oxygens (including phenoxy) is 1. The molecule has 1 saturated heterocycles. The number of aromatic amines is 1. The number of benzene rings is 1. The van der Waals surface area contributed by atoms with Gasteiger partial charge in [0.1, 0.15) is 11.6 Å². The maximum atomic E-state index is 12.8. The minimum absolute atomic E-state index is 0.0778. The third kappa shape index (κ3) is 5.91. The number of piperazine rings is 1. The fourth-order valence-electron chi connectivity index (χ4n) is 4.14.